The van der Waals surface area contributed by atoms with Gasteiger partial charge in [-0.2, -0.15) is 0 Å². The van der Waals surface area contributed by atoms with Crippen molar-refractivity contribution in [2.75, 3.05) is 19.0 Å². The van der Waals surface area contributed by atoms with E-state index in [1.807, 2.05) is 0 Å². The molecule has 1 amide bonds. The van der Waals surface area contributed by atoms with Gasteiger partial charge >= 0.3 is 5.97 Å². The third kappa shape index (κ3) is 7.83. The molecule has 0 aromatic heterocycles. The number of methoxy groups -OCH3 is 1. The van der Waals surface area contributed by atoms with Crippen LogP contribution in [0.25, 0.3) is 0 Å². The van der Waals surface area contributed by atoms with E-state index >= 15 is 0 Å². The van der Waals surface area contributed by atoms with E-state index in [-0.39, 0.29) is 0 Å². The first-order valence-electron chi connectivity index (χ1n) is 13.0. The molecule has 0 spiro atoms. The normalized spacial score (nSPS) is 14.4. The maximum absolute atomic E-state index is 12.8. The van der Waals surface area contributed by atoms with Crippen LogP contribution >= 0.6 is 0 Å². The Hall–Kier alpha value is -3.35. The number of Topliss-reactive ketones (excluding diaryl/α,β-unsaturated/α-hetero) is 1. The molecule has 0 saturated heterocycles. The molecule has 0 bridgehead atoms. The van der Waals surface area contributed by atoms with E-state index in [1.165, 1.54) is 58.1 Å². The highest BCUT2D eigenvalue weighted by Crippen LogP contribution is 2.32. The molecule has 1 aliphatic rings. The minimum Gasteiger partial charge on any atom is -0.497 e. The molecule has 1 N–H and O–H groups in total. The summed E-state index contributed by atoms with van der Waals surface area (Å²) in [6, 6.07) is 11.1. The highest BCUT2D eigenvalue weighted by Gasteiger charge is 2.35. The Morgan fingerprint density at radius 3 is 2.11 bits per heavy atom. The number of anilines is 1. The lowest BCUT2D eigenvalue weighted by atomic mass is 10.0. The average molecular weight is 496 g/mol. The Kier molecular flexibility index (Phi) is 10.8. The first kappa shape index (κ1) is 27.2. The molecule has 0 saturated carbocycles. The summed E-state index contributed by atoms with van der Waals surface area (Å²) in [5.74, 6) is -0.550. The molecular weight excluding hydrogens is 458 g/mol. The molecule has 1 aliphatic heterocycles. The van der Waals surface area contributed by atoms with Gasteiger partial charge in [-0.15, -0.1) is 0 Å². The van der Waals surface area contributed by atoms with E-state index in [9.17, 15) is 14.4 Å². The van der Waals surface area contributed by atoms with Crippen LogP contribution in [0.5, 0.6) is 11.5 Å². The van der Waals surface area contributed by atoms with Crippen molar-refractivity contribution in [1.82, 2.24) is 0 Å². The number of hydrogen-bond acceptors (Lipinski definition) is 6. The molecule has 1 heterocycles. The largest absolute Gasteiger partial charge is 0.497 e. The Balaban J connectivity index is 1.42. The van der Waals surface area contributed by atoms with Crippen molar-refractivity contribution in [3.05, 3.63) is 53.6 Å². The van der Waals surface area contributed by atoms with Gasteiger partial charge in [0, 0.05) is 5.56 Å². The number of ketones is 1. The SMILES string of the molecule is CCCCCCCCCCCCOC(=O)c1ccc2c(c1)NC(=O)C(C(=O)c1ccc(OC)cc1)O2. The van der Waals surface area contributed by atoms with E-state index in [0.29, 0.717) is 34.9 Å². The number of amides is 1. The van der Waals surface area contributed by atoms with Gasteiger partial charge in [-0.1, -0.05) is 64.7 Å². The fourth-order valence-corrected chi connectivity index (χ4v) is 4.15. The number of ether oxygens (including phenoxy) is 3. The lowest BCUT2D eigenvalue weighted by molar-refractivity contribution is -0.121. The zero-order chi connectivity index (χ0) is 25.8. The summed E-state index contributed by atoms with van der Waals surface area (Å²) in [6.07, 6.45) is 10.8. The van der Waals surface area contributed by atoms with E-state index in [2.05, 4.69) is 12.2 Å². The van der Waals surface area contributed by atoms with Gasteiger partial charge in [0.25, 0.3) is 5.91 Å². The summed E-state index contributed by atoms with van der Waals surface area (Å²) >= 11 is 0. The third-order valence-corrected chi connectivity index (χ3v) is 6.30. The summed E-state index contributed by atoms with van der Waals surface area (Å²) in [5, 5.41) is 2.67. The van der Waals surface area contributed by atoms with Crippen LogP contribution in [0.4, 0.5) is 5.69 Å². The monoisotopic (exact) mass is 495 g/mol. The minimum atomic E-state index is -1.31. The molecule has 0 aliphatic carbocycles. The van der Waals surface area contributed by atoms with Crippen molar-refractivity contribution in [2.45, 2.75) is 77.2 Å². The number of fused-ring (bicyclic) bond motifs is 1. The first-order valence-corrected chi connectivity index (χ1v) is 13.0. The second kappa shape index (κ2) is 14.3. The second-order valence-electron chi connectivity index (χ2n) is 9.11. The second-order valence-corrected chi connectivity index (χ2v) is 9.11. The van der Waals surface area contributed by atoms with Gasteiger partial charge in [-0.3, -0.25) is 9.59 Å². The number of rotatable bonds is 15. The van der Waals surface area contributed by atoms with Crippen LogP contribution < -0.4 is 14.8 Å². The molecule has 194 valence electrons. The van der Waals surface area contributed by atoms with Gasteiger partial charge in [-0.25, -0.2) is 4.79 Å². The van der Waals surface area contributed by atoms with Crippen LogP contribution in [-0.4, -0.2) is 37.5 Å². The van der Waals surface area contributed by atoms with Crippen LogP contribution in [0.2, 0.25) is 0 Å². The lowest BCUT2D eigenvalue weighted by Gasteiger charge is -2.25. The molecule has 0 fully saturated rings. The third-order valence-electron chi connectivity index (χ3n) is 6.30. The molecule has 7 nitrogen and oxygen atoms in total. The van der Waals surface area contributed by atoms with Crippen LogP contribution in [0.3, 0.4) is 0 Å². The standard InChI is InChI=1S/C29H37NO6/c1-3-4-5-6-7-8-9-10-11-12-19-35-29(33)22-15-18-25-24(20-22)30-28(32)27(36-25)26(31)21-13-16-23(34-2)17-14-21/h13-18,20,27H,3-12,19H2,1-2H3,(H,30,32). The molecule has 2 aromatic rings. The van der Waals surface area contributed by atoms with Crippen LogP contribution in [0, 0.1) is 0 Å². The molecule has 7 heteroatoms. The number of unbranched alkanes of at least 4 members (excludes halogenated alkanes) is 9. The number of benzene rings is 2. The number of nitrogens with one attached hydrogen (secondary N) is 1. The van der Waals surface area contributed by atoms with Gasteiger partial charge in [0.2, 0.25) is 11.9 Å². The van der Waals surface area contributed by atoms with Gasteiger partial charge < -0.3 is 19.5 Å². The Morgan fingerprint density at radius 1 is 0.861 bits per heavy atom. The number of hydrogen-bond donors (Lipinski definition) is 1. The highest BCUT2D eigenvalue weighted by atomic mass is 16.5. The topological polar surface area (TPSA) is 90.9 Å². The highest BCUT2D eigenvalue weighted by molar-refractivity contribution is 6.17. The summed E-state index contributed by atoms with van der Waals surface area (Å²) in [6.45, 7) is 2.60. The predicted octanol–water partition coefficient (Wildman–Crippen LogP) is 6.36. The zero-order valence-corrected chi connectivity index (χ0v) is 21.3. The molecule has 1 atom stereocenters. The summed E-state index contributed by atoms with van der Waals surface area (Å²) < 4.78 is 16.2. The number of esters is 1. The van der Waals surface area contributed by atoms with Gasteiger partial charge in [-0.05, 0) is 48.9 Å². The maximum Gasteiger partial charge on any atom is 0.338 e. The quantitative estimate of drug-likeness (QED) is 0.134. The maximum atomic E-state index is 12.8. The molecule has 36 heavy (non-hydrogen) atoms. The van der Waals surface area contributed by atoms with Crippen molar-refractivity contribution >= 4 is 23.3 Å². The fourth-order valence-electron chi connectivity index (χ4n) is 4.15. The van der Waals surface area contributed by atoms with Gasteiger partial charge in [0.15, 0.2) is 0 Å². The fraction of sp³-hybridized carbons (Fsp3) is 0.483. The summed E-state index contributed by atoms with van der Waals surface area (Å²) in [4.78, 5) is 37.8. The minimum absolute atomic E-state index is 0.324. The van der Waals surface area contributed by atoms with E-state index in [4.69, 9.17) is 14.2 Å². The van der Waals surface area contributed by atoms with E-state index in [1.54, 1.807) is 36.4 Å². The molecular formula is C29H37NO6. The molecule has 3 rings (SSSR count). The molecule has 0 radical (unpaired) electrons. The van der Waals surface area contributed by atoms with Crippen LogP contribution in [0.15, 0.2) is 42.5 Å². The average Bonchev–Trinajstić information content (AvgIpc) is 2.90. The van der Waals surface area contributed by atoms with E-state index < -0.39 is 23.8 Å². The van der Waals surface area contributed by atoms with Crippen LogP contribution in [-0.2, 0) is 9.53 Å². The van der Waals surface area contributed by atoms with Crippen molar-refractivity contribution in [2.24, 2.45) is 0 Å². The van der Waals surface area contributed by atoms with Crippen LogP contribution in [0.1, 0.15) is 91.8 Å². The van der Waals surface area contributed by atoms with Gasteiger partial charge in [0.1, 0.15) is 11.5 Å². The zero-order valence-electron chi connectivity index (χ0n) is 21.3. The predicted molar refractivity (Wildman–Crippen MR) is 139 cm³/mol. The molecule has 1 unspecified atom stereocenters. The van der Waals surface area contributed by atoms with Crippen molar-refractivity contribution in [3.63, 3.8) is 0 Å². The Morgan fingerprint density at radius 2 is 1.47 bits per heavy atom. The van der Waals surface area contributed by atoms with Crippen molar-refractivity contribution in [3.8, 4) is 11.5 Å². The summed E-state index contributed by atoms with van der Waals surface area (Å²) in [5.41, 5.74) is 1.00. The summed E-state index contributed by atoms with van der Waals surface area (Å²) in [7, 11) is 1.54. The van der Waals surface area contributed by atoms with Gasteiger partial charge in [0.05, 0.1) is 25.0 Å². The number of carbonyl (C=O) groups is 3. The van der Waals surface area contributed by atoms with Crippen molar-refractivity contribution in [1.29, 1.82) is 0 Å². The molecule has 2 aromatic carbocycles. The lowest BCUT2D eigenvalue weighted by Crippen LogP contribution is -2.43. The Labute approximate surface area is 213 Å². The first-order chi connectivity index (χ1) is 17.5. The van der Waals surface area contributed by atoms with Crippen molar-refractivity contribution < 1.29 is 28.6 Å². The van der Waals surface area contributed by atoms with E-state index in [0.717, 1.165) is 19.3 Å². The smallest absolute Gasteiger partial charge is 0.338 e. The Bertz CT molecular complexity index is 1020. The number of carbonyl (C=O) groups excluding carboxylic acids is 3.